The predicted octanol–water partition coefficient (Wildman–Crippen LogP) is 2.68. The van der Waals surface area contributed by atoms with E-state index in [0.29, 0.717) is 5.82 Å². The number of nitrogens with one attached hydrogen (secondary N) is 1. The van der Waals surface area contributed by atoms with Gasteiger partial charge >= 0.3 is 0 Å². The molecule has 0 atom stereocenters. The molecule has 0 unspecified atom stereocenters. The Labute approximate surface area is 101 Å². The Kier molecular flexibility index (Phi) is 2.22. The van der Waals surface area contributed by atoms with Crippen molar-refractivity contribution in [2.24, 2.45) is 0 Å². The molecule has 0 aromatic carbocycles. The summed E-state index contributed by atoms with van der Waals surface area (Å²) < 4.78 is 5.35. The molecule has 0 amide bonds. The van der Waals surface area contributed by atoms with Crippen molar-refractivity contribution in [3.63, 3.8) is 0 Å². The van der Waals surface area contributed by atoms with Crippen LogP contribution in [0.1, 0.15) is 4.88 Å². The molecule has 5 nitrogen and oxygen atoms in total. The second-order valence-corrected chi connectivity index (χ2v) is 4.80. The second kappa shape index (κ2) is 3.74. The Morgan fingerprint density at radius 1 is 1.47 bits per heavy atom. The first-order valence-corrected chi connectivity index (χ1v) is 5.88. The first-order chi connectivity index (χ1) is 8.25. The predicted molar refractivity (Wildman–Crippen MR) is 66.5 cm³/mol. The van der Waals surface area contributed by atoms with E-state index in [1.807, 2.05) is 19.1 Å². The zero-order valence-electron chi connectivity index (χ0n) is 9.10. The van der Waals surface area contributed by atoms with Gasteiger partial charge in [-0.2, -0.15) is 5.10 Å². The summed E-state index contributed by atoms with van der Waals surface area (Å²) in [5.74, 6) is 1.30. The first-order valence-electron chi connectivity index (χ1n) is 5.06. The van der Waals surface area contributed by atoms with Gasteiger partial charge in [0.05, 0.1) is 18.0 Å². The Morgan fingerprint density at radius 2 is 2.35 bits per heavy atom. The normalized spacial score (nSPS) is 10.9. The van der Waals surface area contributed by atoms with Crippen LogP contribution in [0.2, 0.25) is 0 Å². The van der Waals surface area contributed by atoms with Crippen molar-refractivity contribution in [3.05, 3.63) is 29.5 Å². The molecular formula is C11H10N4OS. The quantitative estimate of drug-likeness (QED) is 0.728. The lowest BCUT2D eigenvalue weighted by Crippen LogP contribution is -1.87. The minimum Gasteiger partial charge on any atom is -0.463 e. The number of thiazole rings is 1. The zero-order chi connectivity index (χ0) is 11.8. The molecule has 0 radical (unpaired) electrons. The monoisotopic (exact) mass is 246 g/mol. The van der Waals surface area contributed by atoms with Crippen LogP contribution in [0.3, 0.4) is 0 Å². The van der Waals surface area contributed by atoms with Gasteiger partial charge in [-0.25, -0.2) is 4.98 Å². The molecule has 3 rings (SSSR count). The van der Waals surface area contributed by atoms with Gasteiger partial charge in [-0.3, -0.25) is 5.10 Å². The van der Waals surface area contributed by atoms with Gasteiger partial charge in [0.2, 0.25) is 0 Å². The molecule has 0 aliphatic carbocycles. The number of aryl methyl sites for hydroxylation is 1. The summed E-state index contributed by atoms with van der Waals surface area (Å²) in [6, 6.07) is 3.74. The Balaban J connectivity index is 2.11. The fraction of sp³-hybridized carbons (Fsp3) is 0.0909. The maximum absolute atomic E-state index is 5.78. The van der Waals surface area contributed by atoms with E-state index in [9.17, 15) is 0 Å². The summed E-state index contributed by atoms with van der Waals surface area (Å²) in [6.07, 6.45) is 3.32. The molecule has 3 heterocycles. The highest BCUT2D eigenvalue weighted by molar-refractivity contribution is 7.15. The lowest BCUT2D eigenvalue weighted by atomic mass is 10.3. The summed E-state index contributed by atoms with van der Waals surface area (Å²) in [4.78, 5) is 5.63. The van der Waals surface area contributed by atoms with Gasteiger partial charge in [0.1, 0.15) is 16.5 Å². The van der Waals surface area contributed by atoms with Crippen molar-refractivity contribution in [1.82, 2.24) is 15.2 Å². The summed E-state index contributed by atoms with van der Waals surface area (Å²) >= 11 is 1.57. The lowest BCUT2D eigenvalue weighted by molar-refractivity contribution is 0.580. The summed E-state index contributed by atoms with van der Waals surface area (Å²) in [6.45, 7) is 2.01. The fourth-order valence-corrected chi connectivity index (χ4v) is 2.56. The van der Waals surface area contributed by atoms with Gasteiger partial charge in [0.15, 0.2) is 5.76 Å². The van der Waals surface area contributed by atoms with Gasteiger partial charge in [-0.1, -0.05) is 0 Å². The van der Waals surface area contributed by atoms with E-state index in [1.165, 1.54) is 0 Å². The van der Waals surface area contributed by atoms with E-state index in [2.05, 4.69) is 15.2 Å². The largest absolute Gasteiger partial charge is 0.463 e. The molecule has 3 aromatic heterocycles. The van der Waals surface area contributed by atoms with E-state index in [-0.39, 0.29) is 0 Å². The number of hydrogen-bond donors (Lipinski definition) is 2. The minimum absolute atomic E-state index is 0.532. The summed E-state index contributed by atoms with van der Waals surface area (Å²) in [5, 5.41) is 7.44. The maximum atomic E-state index is 5.78. The molecule has 0 aliphatic heterocycles. The van der Waals surface area contributed by atoms with E-state index >= 15 is 0 Å². The standard InChI is InChI=1S/C11H10N4OS/c1-6-9(8-3-2-4-16-8)14-11(17-6)7-5-13-15-10(7)12/h2-5H,1H3,(H3,12,13,15). The molecule has 0 spiro atoms. The van der Waals surface area contributed by atoms with Crippen LogP contribution in [-0.2, 0) is 0 Å². The highest BCUT2D eigenvalue weighted by atomic mass is 32.1. The molecule has 86 valence electrons. The molecule has 6 heteroatoms. The third kappa shape index (κ3) is 1.62. The topological polar surface area (TPSA) is 80.7 Å². The van der Waals surface area contributed by atoms with Crippen LogP contribution in [0.15, 0.2) is 29.0 Å². The van der Waals surface area contributed by atoms with Crippen molar-refractivity contribution in [2.75, 3.05) is 5.73 Å². The second-order valence-electron chi connectivity index (χ2n) is 3.60. The zero-order valence-corrected chi connectivity index (χ0v) is 9.91. The van der Waals surface area contributed by atoms with Gasteiger partial charge in [0.25, 0.3) is 0 Å². The van der Waals surface area contributed by atoms with Crippen LogP contribution in [0.4, 0.5) is 5.82 Å². The Bertz CT molecular complexity index is 638. The van der Waals surface area contributed by atoms with E-state index < -0.39 is 0 Å². The smallest absolute Gasteiger partial charge is 0.153 e. The summed E-state index contributed by atoms with van der Waals surface area (Å²) in [5.41, 5.74) is 7.46. The maximum Gasteiger partial charge on any atom is 0.153 e. The van der Waals surface area contributed by atoms with E-state index in [1.54, 1.807) is 23.8 Å². The number of anilines is 1. The number of hydrogen-bond acceptors (Lipinski definition) is 5. The van der Waals surface area contributed by atoms with Crippen LogP contribution >= 0.6 is 11.3 Å². The third-order valence-corrected chi connectivity index (χ3v) is 3.45. The minimum atomic E-state index is 0.532. The Hall–Kier alpha value is -2.08. The molecule has 0 saturated heterocycles. The van der Waals surface area contributed by atoms with E-state index in [4.69, 9.17) is 10.2 Å². The van der Waals surface area contributed by atoms with Crippen molar-refractivity contribution < 1.29 is 4.42 Å². The fourth-order valence-electron chi connectivity index (χ4n) is 1.62. The molecule has 0 aliphatic rings. The molecule has 3 N–H and O–H groups in total. The highest BCUT2D eigenvalue weighted by Crippen LogP contribution is 2.34. The molecule has 0 bridgehead atoms. The van der Waals surface area contributed by atoms with Gasteiger partial charge in [0, 0.05) is 4.88 Å². The van der Waals surface area contributed by atoms with Gasteiger partial charge in [-0.15, -0.1) is 11.3 Å². The van der Waals surface area contributed by atoms with Crippen LogP contribution in [0.5, 0.6) is 0 Å². The summed E-state index contributed by atoms with van der Waals surface area (Å²) in [7, 11) is 0. The van der Waals surface area contributed by atoms with Crippen LogP contribution < -0.4 is 5.73 Å². The number of furan rings is 1. The number of aromatic nitrogens is 3. The van der Waals surface area contributed by atoms with E-state index in [0.717, 1.165) is 26.9 Å². The third-order valence-electron chi connectivity index (χ3n) is 2.45. The van der Waals surface area contributed by atoms with Crippen LogP contribution in [0, 0.1) is 6.92 Å². The number of nitrogen functional groups attached to an aromatic ring is 1. The van der Waals surface area contributed by atoms with Crippen molar-refractivity contribution in [2.45, 2.75) is 6.92 Å². The van der Waals surface area contributed by atoms with Gasteiger partial charge < -0.3 is 10.2 Å². The molecular weight excluding hydrogens is 236 g/mol. The Morgan fingerprint density at radius 3 is 3.00 bits per heavy atom. The molecule has 3 aromatic rings. The average Bonchev–Trinajstić information content (AvgIpc) is 2.97. The first kappa shape index (κ1) is 10.1. The van der Waals surface area contributed by atoms with Crippen molar-refractivity contribution >= 4 is 17.2 Å². The number of aromatic amines is 1. The lowest BCUT2D eigenvalue weighted by Gasteiger charge is -1.91. The van der Waals surface area contributed by atoms with Gasteiger partial charge in [-0.05, 0) is 19.1 Å². The number of rotatable bonds is 2. The molecule has 0 saturated carbocycles. The number of nitrogens with two attached hydrogens (primary N) is 1. The van der Waals surface area contributed by atoms with Crippen LogP contribution in [0.25, 0.3) is 22.0 Å². The molecule has 17 heavy (non-hydrogen) atoms. The number of nitrogens with zero attached hydrogens (tertiary/aromatic N) is 2. The average molecular weight is 246 g/mol. The highest BCUT2D eigenvalue weighted by Gasteiger charge is 2.15. The van der Waals surface area contributed by atoms with Crippen molar-refractivity contribution in [3.8, 4) is 22.0 Å². The van der Waals surface area contributed by atoms with Crippen LogP contribution in [-0.4, -0.2) is 15.2 Å². The number of H-pyrrole nitrogens is 1. The van der Waals surface area contributed by atoms with Crippen molar-refractivity contribution in [1.29, 1.82) is 0 Å². The molecule has 0 fully saturated rings. The SMILES string of the molecule is Cc1sc(-c2cn[nH]c2N)nc1-c1ccco1.